The number of anilines is 1. The molecule has 0 aliphatic carbocycles. The fourth-order valence-electron chi connectivity index (χ4n) is 2.19. The van der Waals surface area contributed by atoms with E-state index < -0.39 is 0 Å². The van der Waals surface area contributed by atoms with Crippen LogP contribution < -0.4 is 10.6 Å². The van der Waals surface area contributed by atoms with Gasteiger partial charge in [0.2, 0.25) is 5.91 Å². The minimum absolute atomic E-state index is 0.0127. The van der Waals surface area contributed by atoms with Crippen LogP contribution in [-0.2, 0) is 4.79 Å². The molecule has 1 aromatic rings. The van der Waals surface area contributed by atoms with Crippen LogP contribution in [0.2, 0.25) is 5.02 Å². The predicted octanol–water partition coefficient (Wildman–Crippen LogP) is 1.96. The largest absolute Gasteiger partial charge is 0.325 e. The van der Waals surface area contributed by atoms with Crippen molar-refractivity contribution in [3.05, 3.63) is 29.3 Å². The fourth-order valence-corrected chi connectivity index (χ4v) is 2.31. The van der Waals surface area contributed by atoms with Crippen molar-refractivity contribution in [3.63, 3.8) is 0 Å². The van der Waals surface area contributed by atoms with E-state index in [1.807, 2.05) is 0 Å². The second-order valence-corrected chi connectivity index (χ2v) is 5.45. The van der Waals surface area contributed by atoms with Gasteiger partial charge in [0.05, 0.1) is 6.54 Å². The smallest absolute Gasteiger partial charge is 0.238 e. The Hall–Kier alpha value is -1.10. The summed E-state index contributed by atoms with van der Waals surface area (Å²) in [7, 11) is 2.13. The van der Waals surface area contributed by atoms with Crippen molar-refractivity contribution in [1.29, 1.82) is 0 Å². The second kappa shape index (κ2) is 6.89. The highest BCUT2D eigenvalue weighted by atomic mass is 35.5. The number of amides is 1. The van der Waals surface area contributed by atoms with Gasteiger partial charge in [0.25, 0.3) is 0 Å². The molecule has 0 unspecified atom stereocenters. The van der Waals surface area contributed by atoms with Crippen molar-refractivity contribution in [3.8, 4) is 0 Å². The fraction of sp³-hybridized carbons (Fsp3) is 0.500. The Morgan fingerprint density at radius 2 is 1.95 bits per heavy atom. The molecule has 4 nitrogen and oxygen atoms in total. The summed E-state index contributed by atoms with van der Waals surface area (Å²) in [5, 5.41) is 6.82. The molecule has 0 atom stereocenters. The molecular formula is C14H20ClN3O. The zero-order valence-electron chi connectivity index (χ0n) is 11.2. The lowest BCUT2D eigenvalue weighted by atomic mass is 10.1. The van der Waals surface area contributed by atoms with Gasteiger partial charge in [0.15, 0.2) is 0 Å². The summed E-state index contributed by atoms with van der Waals surface area (Å²) in [5.74, 6) is -0.0127. The molecule has 104 valence electrons. The molecule has 0 radical (unpaired) electrons. The molecule has 2 N–H and O–H groups in total. The van der Waals surface area contributed by atoms with Crippen LogP contribution in [0.5, 0.6) is 0 Å². The third kappa shape index (κ3) is 4.82. The van der Waals surface area contributed by atoms with E-state index in [9.17, 15) is 4.79 Å². The maximum Gasteiger partial charge on any atom is 0.238 e. The topological polar surface area (TPSA) is 44.4 Å². The van der Waals surface area contributed by atoms with Crippen LogP contribution in [0.1, 0.15) is 12.8 Å². The highest BCUT2D eigenvalue weighted by Crippen LogP contribution is 2.13. The maximum atomic E-state index is 11.8. The molecule has 1 fully saturated rings. The Morgan fingerprint density at radius 3 is 2.58 bits per heavy atom. The van der Waals surface area contributed by atoms with Crippen LogP contribution in [0.25, 0.3) is 0 Å². The molecule has 0 spiro atoms. The van der Waals surface area contributed by atoms with Gasteiger partial charge in [0.1, 0.15) is 0 Å². The number of carbonyl (C=O) groups is 1. The van der Waals surface area contributed by atoms with Crippen molar-refractivity contribution in [2.45, 2.75) is 18.9 Å². The van der Waals surface area contributed by atoms with E-state index >= 15 is 0 Å². The lowest BCUT2D eigenvalue weighted by molar-refractivity contribution is -0.115. The van der Waals surface area contributed by atoms with E-state index in [-0.39, 0.29) is 5.91 Å². The van der Waals surface area contributed by atoms with Gasteiger partial charge in [-0.15, -0.1) is 0 Å². The predicted molar refractivity (Wildman–Crippen MR) is 78.6 cm³/mol. The molecule has 1 amide bonds. The van der Waals surface area contributed by atoms with Crippen LogP contribution in [0.3, 0.4) is 0 Å². The Balaban J connectivity index is 1.71. The lowest BCUT2D eigenvalue weighted by Crippen LogP contribution is -2.43. The van der Waals surface area contributed by atoms with E-state index in [2.05, 4.69) is 22.6 Å². The second-order valence-electron chi connectivity index (χ2n) is 5.01. The molecule has 0 saturated carbocycles. The third-order valence-corrected chi connectivity index (χ3v) is 3.65. The molecule has 19 heavy (non-hydrogen) atoms. The first-order valence-corrected chi connectivity index (χ1v) is 6.98. The molecule has 1 aromatic carbocycles. The quantitative estimate of drug-likeness (QED) is 0.887. The van der Waals surface area contributed by atoms with Gasteiger partial charge in [-0.3, -0.25) is 4.79 Å². The normalized spacial score (nSPS) is 17.4. The summed E-state index contributed by atoms with van der Waals surface area (Å²) < 4.78 is 0. The number of piperidine rings is 1. The maximum absolute atomic E-state index is 11.8. The summed E-state index contributed by atoms with van der Waals surface area (Å²) in [6, 6.07) is 7.58. The molecule has 1 heterocycles. The van der Waals surface area contributed by atoms with Crippen molar-refractivity contribution in [2.24, 2.45) is 0 Å². The minimum Gasteiger partial charge on any atom is -0.325 e. The minimum atomic E-state index is -0.0127. The first-order chi connectivity index (χ1) is 9.13. The zero-order chi connectivity index (χ0) is 13.7. The Kier molecular flexibility index (Phi) is 5.19. The van der Waals surface area contributed by atoms with Crippen molar-refractivity contribution >= 4 is 23.2 Å². The van der Waals surface area contributed by atoms with Crippen LogP contribution >= 0.6 is 11.6 Å². The highest BCUT2D eigenvalue weighted by Gasteiger charge is 2.16. The van der Waals surface area contributed by atoms with Gasteiger partial charge in [0, 0.05) is 16.8 Å². The van der Waals surface area contributed by atoms with Crippen LogP contribution in [0.15, 0.2) is 24.3 Å². The van der Waals surface area contributed by atoms with E-state index in [1.165, 1.54) is 0 Å². The molecule has 1 aliphatic rings. The molecule has 1 aliphatic heterocycles. The molecule has 0 aromatic heterocycles. The summed E-state index contributed by atoms with van der Waals surface area (Å²) >= 11 is 5.79. The average molecular weight is 282 g/mol. The molecular weight excluding hydrogens is 262 g/mol. The van der Waals surface area contributed by atoms with Gasteiger partial charge in [-0.25, -0.2) is 0 Å². The average Bonchev–Trinajstić information content (AvgIpc) is 2.41. The monoisotopic (exact) mass is 281 g/mol. The van der Waals surface area contributed by atoms with Gasteiger partial charge >= 0.3 is 0 Å². The van der Waals surface area contributed by atoms with Gasteiger partial charge in [-0.2, -0.15) is 0 Å². The number of hydrogen-bond acceptors (Lipinski definition) is 3. The Bertz CT molecular complexity index is 413. The molecule has 2 rings (SSSR count). The first-order valence-electron chi connectivity index (χ1n) is 6.61. The number of nitrogens with zero attached hydrogens (tertiary/aromatic N) is 1. The van der Waals surface area contributed by atoms with E-state index in [0.717, 1.165) is 31.6 Å². The number of hydrogen-bond donors (Lipinski definition) is 2. The Morgan fingerprint density at radius 1 is 1.32 bits per heavy atom. The first kappa shape index (κ1) is 14.3. The summed E-state index contributed by atoms with van der Waals surface area (Å²) in [6.07, 6.45) is 2.20. The standard InChI is InChI=1S/C14H20ClN3O/c1-18-8-6-12(7-9-18)16-10-14(19)17-13-4-2-11(15)3-5-13/h2-5,12,16H,6-10H2,1H3,(H,17,19). The Labute approximate surface area is 119 Å². The van der Waals surface area contributed by atoms with Crippen LogP contribution in [0.4, 0.5) is 5.69 Å². The third-order valence-electron chi connectivity index (χ3n) is 3.40. The summed E-state index contributed by atoms with van der Waals surface area (Å²) in [6.45, 7) is 2.55. The van der Waals surface area contributed by atoms with E-state index in [4.69, 9.17) is 11.6 Å². The van der Waals surface area contributed by atoms with Gasteiger partial charge < -0.3 is 15.5 Å². The van der Waals surface area contributed by atoms with Gasteiger partial charge in [-0.05, 0) is 57.2 Å². The van der Waals surface area contributed by atoms with Crippen LogP contribution in [-0.4, -0.2) is 43.5 Å². The van der Waals surface area contributed by atoms with Gasteiger partial charge in [-0.1, -0.05) is 11.6 Å². The van der Waals surface area contributed by atoms with Crippen LogP contribution in [0, 0.1) is 0 Å². The molecule has 5 heteroatoms. The number of benzene rings is 1. The van der Waals surface area contributed by atoms with Crippen molar-refractivity contribution < 1.29 is 4.79 Å². The van der Waals surface area contributed by atoms with Crippen molar-refractivity contribution in [1.82, 2.24) is 10.2 Å². The number of carbonyl (C=O) groups excluding carboxylic acids is 1. The number of halogens is 1. The summed E-state index contributed by atoms with van der Waals surface area (Å²) in [4.78, 5) is 14.1. The number of likely N-dealkylation sites (tertiary alicyclic amines) is 1. The van der Waals surface area contributed by atoms with Crippen molar-refractivity contribution in [2.75, 3.05) is 32.0 Å². The summed E-state index contributed by atoms with van der Waals surface area (Å²) in [5.41, 5.74) is 0.777. The number of nitrogens with one attached hydrogen (secondary N) is 2. The number of rotatable bonds is 4. The highest BCUT2D eigenvalue weighted by molar-refractivity contribution is 6.30. The zero-order valence-corrected chi connectivity index (χ0v) is 11.9. The SMILES string of the molecule is CN1CCC(NCC(=O)Nc2ccc(Cl)cc2)CC1. The molecule has 0 bridgehead atoms. The van der Waals surface area contributed by atoms with E-state index in [1.54, 1.807) is 24.3 Å². The lowest BCUT2D eigenvalue weighted by Gasteiger charge is -2.29. The molecule has 1 saturated heterocycles. The van der Waals surface area contributed by atoms with E-state index in [0.29, 0.717) is 17.6 Å².